The topological polar surface area (TPSA) is 88.2 Å². The molecule has 0 radical (unpaired) electrons. The van der Waals surface area contributed by atoms with E-state index in [1.807, 2.05) is 38.1 Å². The number of amides is 1. The molecule has 0 bridgehead atoms. The molecule has 0 spiro atoms. The Balaban J connectivity index is 1.77. The highest BCUT2D eigenvalue weighted by Crippen LogP contribution is 2.18. The highest BCUT2D eigenvalue weighted by Gasteiger charge is 2.18. The van der Waals surface area contributed by atoms with Gasteiger partial charge in [-0.2, -0.15) is 0 Å². The van der Waals surface area contributed by atoms with Crippen LogP contribution in [0.25, 0.3) is 0 Å². The molecule has 0 aliphatic rings. The number of sulfonamides is 1. The smallest absolute Gasteiger partial charge is 0.261 e. The molecule has 7 heteroatoms. The van der Waals surface area contributed by atoms with E-state index < -0.39 is 10.0 Å². The molecule has 144 valence electrons. The molecule has 2 aromatic carbocycles. The number of carbonyl (C=O) groups excluding carboxylic acids is 1. The van der Waals surface area contributed by atoms with Crippen molar-refractivity contribution in [1.82, 2.24) is 10.3 Å². The SMILES string of the molecule is Cc1ccc(NS(=O)(=O)c2cccc(C(=O)NC(C)c3ccccn3)c2)cc1. The first-order chi connectivity index (χ1) is 13.3. The average Bonchev–Trinajstić information content (AvgIpc) is 2.70. The number of nitrogens with one attached hydrogen (secondary N) is 2. The monoisotopic (exact) mass is 395 g/mol. The average molecular weight is 395 g/mol. The summed E-state index contributed by atoms with van der Waals surface area (Å²) >= 11 is 0. The Kier molecular flexibility index (Phi) is 5.75. The van der Waals surface area contributed by atoms with Crippen LogP contribution in [0.2, 0.25) is 0 Å². The van der Waals surface area contributed by atoms with E-state index in [0.717, 1.165) is 11.3 Å². The summed E-state index contributed by atoms with van der Waals surface area (Å²) < 4.78 is 27.8. The zero-order chi connectivity index (χ0) is 20.1. The highest BCUT2D eigenvalue weighted by atomic mass is 32.2. The van der Waals surface area contributed by atoms with Gasteiger partial charge in [0, 0.05) is 17.4 Å². The van der Waals surface area contributed by atoms with Crippen LogP contribution in [0.15, 0.2) is 77.8 Å². The second-order valence-electron chi connectivity index (χ2n) is 6.45. The molecule has 28 heavy (non-hydrogen) atoms. The first-order valence-corrected chi connectivity index (χ1v) is 10.2. The number of pyridine rings is 1. The summed E-state index contributed by atoms with van der Waals surface area (Å²) in [6.45, 7) is 3.74. The number of rotatable bonds is 6. The van der Waals surface area contributed by atoms with E-state index in [1.165, 1.54) is 12.1 Å². The maximum Gasteiger partial charge on any atom is 0.261 e. The third kappa shape index (κ3) is 4.75. The number of benzene rings is 2. The summed E-state index contributed by atoms with van der Waals surface area (Å²) in [5.41, 5.74) is 2.48. The lowest BCUT2D eigenvalue weighted by Gasteiger charge is -2.14. The van der Waals surface area contributed by atoms with Gasteiger partial charge < -0.3 is 5.32 Å². The Bertz CT molecular complexity index is 1070. The third-order valence-corrected chi connectivity index (χ3v) is 5.57. The van der Waals surface area contributed by atoms with Crippen molar-refractivity contribution in [3.8, 4) is 0 Å². The van der Waals surface area contributed by atoms with Crippen LogP contribution < -0.4 is 10.0 Å². The van der Waals surface area contributed by atoms with Gasteiger partial charge in [0.05, 0.1) is 16.6 Å². The first kappa shape index (κ1) is 19.6. The van der Waals surface area contributed by atoms with Gasteiger partial charge in [-0.1, -0.05) is 29.8 Å². The summed E-state index contributed by atoms with van der Waals surface area (Å²) in [4.78, 5) is 16.8. The molecule has 1 aromatic heterocycles. The molecular formula is C21H21N3O3S. The Labute approximate surface area is 164 Å². The van der Waals surface area contributed by atoms with Crippen molar-refractivity contribution in [2.45, 2.75) is 24.8 Å². The quantitative estimate of drug-likeness (QED) is 0.666. The minimum Gasteiger partial charge on any atom is -0.344 e. The molecule has 1 heterocycles. The van der Waals surface area contributed by atoms with Crippen LogP contribution in [0.3, 0.4) is 0 Å². The first-order valence-electron chi connectivity index (χ1n) is 8.76. The minimum atomic E-state index is -3.81. The molecule has 6 nitrogen and oxygen atoms in total. The lowest BCUT2D eigenvalue weighted by atomic mass is 10.1. The molecule has 0 saturated heterocycles. The van der Waals surface area contributed by atoms with E-state index in [0.29, 0.717) is 5.69 Å². The second-order valence-corrected chi connectivity index (χ2v) is 8.13. The van der Waals surface area contributed by atoms with Crippen LogP contribution in [0.5, 0.6) is 0 Å². The Morgan fingerprint density at radius 2 is 1.75 bits per heavy atom. The van der Waals surface area contributed by atoms with E-state index >= 15 is 0 Å². The number of anilines is 1. The van der Waals surface area contributed by atoms with Crippen molar-refractivity contribution in [2.75, 3.05) is 4.72 Å². The number of hydrogen-bond acceptors (Lipinski definition) is 4. The van der Waals surface area contributed by atoms with E-state index in [4.69, 9.17) is 0 Å². The van der Waals surface area contributed by atoms with Gasteiger partial charge in [0.15, 0.2) is 0 Å². The predicted molar refractivity (Wildman–Crippen MR) is 109 cm³/mol. The van der Waals surface area contributed by atoms with Gasteiger partial charge in [-0.05, 0) is 56.3 Å². The molecular weight excluding hydrogens is 374 g/mol. The number of nitrogens with zero attached hydrogens (tertiary/aromatic N) is 1. The van der Waals surface area contributed by atoms with Crippen molar-refractivity contribution < 1.29 is 13.2 Å². The van der Waals surface area contributed by atoms with Crippen molar-refractivity contribution >= 4 is 21.6 Å². The lowest BCUT2D eigenvalue weighted by molar-refractivity contribution is 0.0939. The van der Waals surface area contributed by atoms with Crippen LogP contribution in [-0.2, 0) is 10.0 Å². The van der Waals surface area contributed by atoms with Crippen molar-refractivity contribution in [3.63, 3.8) is 0 Å². The van der Waals surface area contributed by atoms with Crippen molar-refractivity contribution in [2.24, 2.45) is 0 Å². The standard InChI is InChI=1S/C21H21N3O3S/c1-15-9-11-18(12-10-15)24-28(26,27)19-7-5-6-17(14-19)21(25)23-16(2)20-8-3-4-13-22-20/h3-14,16,24H,1-2H3,(H,23,25). The fourth-order valence-electron chi connectivity index (χ4n) is 2.63. The molecule has 3 aromatic rings. The van der Waals surface area contributed by atoms with E-state index in [1.54, 1.807) is 36.5 Å². The third-order valence-electron chi connectivity index (χ3n) is 4.19. The second kappa shape index (κ2) is 8.22. The van der Waals surface area contributed by atoms with Crippen LogP contribution in [-0.4, -0.2) is 19.3 Å². The molecule has 0 aliphatic heterocycles. The minimum absolute atomic E-state index is 0.0196. The fourth-order valence-corrected chi connectivity index (χ4v) is 3.73. The lowest BCUT2D eigenvalue weighted by Crippen LogP contribution is -2.27. The molecule has 3 rings (SSSR count). The van der Waals surface area contributed by atoms with Crippen molar-refractivity contribution in [1.29, 1.82) is 0 Å². The van der Waals surface area contributed by atoms with E-state index in [-0.39, 0.29) is 22.4 Å². The molecule has 1 unspecified atom stereocenters. The Hall–Kier alpha value is -3.19. The molecule has 0 saturated carbocycles. The summed E-state index contributed by atoms with van der Waals surface area (Å²) in [6, 6.07) is 18.1. The molecule has 0 fully saturated rings. The zero-order valence-electron chi connectivity index (χ0n) is 15.6. The summed E-state index contributed by atoms with van der Waals surface area (Å²) in [5, 5.41) is 2.83. The van der Waals surface area contributed by atoms with E-state index in [2.05, 4.69) is 15.0 Å². The number of aryl methyl sites for hydroxylation is 1. The van der Waals surface area contributed by atoms with E-state index in [9.17, 15) is 13.2 Å². The number of carbonyl (C=O) groups is 1. The number of aromatic nitrogens is 1. The van der Waals surface area contributed by atoms with Crippen LogP contribution in [0, 0.1) is 6.92 Å². The van der Waals surface area contributed by atoms with Gasteiger partial charge in [0.1, 0.15) is 0 Å². The van der Waals surface area contributed by atoms with Crippen LogP contribution in [0.4, 0.5) is 5.69 Å². The van der Waals surface area contributed by atoms with Gasteiger partial charge in [0.2, 0.25) is 0 Å². The normalized spacial score (nSPS) is 12.2. The summed E-state index contributed by atoms with van der Waals surface area (Å²) in [6.07, 6.45) is 1.65. The Morgan fingerprint density at radius 3 is 2.43 bits per heavy atom. The van der Waals surface area contributed by atoms with Gasteiger partial charge in [-0.3, -0.25) is 14.5 Å². The van der Waals surface area contributed by atoms with Gasteiger partial charge in [0.25, 0.3) is 15.9 Å². The van der Waals surface area contributed by atoms with Crippen LogP contribution in [0.1, 0.15) is 34.6 Å². The molecule has 1 amide bonds. The fraction of sp³-hybridized carbons (Fsp3) is 0.143. The largest absolute Gasteiger partial charge is 0.344 e. The Morgan fingerprint density at radius 1 is 1.00 bits per heavy atom. The molecule has 1 atom stereocenters. The van der Waals surface area contributed by atoms with Crippen LogP contribution >= 0.6 is 0 Å². The zero-order valence-corrected chi connectivity index (χ0v) is 16.4. The summed E-state index contributed by atoms with van der Waals surface area (Å²) in [7, 11) is -3.81. The highest BCUT2D eigenvalue weighted by molar-refractivity contribution is 7.92. The van der Waals surface area contributed by atoms with Crippen molar-refractivity contribution in [3.05, 3.63) is 89.7 Å². The predicted octanol–water partition coefficient (Wildman–Crippen LogP) is 3.68. The molecule has 2 N–H and O–H groups in total. The van der Waals surface area contributed by atoms with Gasteiger partial charge in [-0.25, -0.2) is 8.42 Å². The van der Waals surface area contributed by atoms with Gasteiger partial charge in [-0.15, -0.1) is 0 Å². The maximum absolute atomic E-state index is 12.7. The molecule has 0 aliphatic carbocycles. The maximum atomic E-state index is 12.7. The number of hydrogen-bond donors (Lipinski definition) is 2. The van der Waals surface area contributed by atoms with Gasteiger partial charge >= 0.3 is 0 Å². The summed E-state index contributed by atoms with van der Waals surface area (Å²) in [5.74, 6) is -0.370.